The van der Waals surface area contributed by atoms with Crippen molar-refractivity contribution >= 4 is 32.1 Å². The van der Waals surface area contributed by atoms with Gasteiger partial charge in [-0.1, -0.05) is 11.3 Å². The zero-order chi connectivity index (χ0) is 12.8. The van der Waals surface area contributed by atoms with E-state index in [-0.39, 0.29) is 16.1 Å². The van der Waals surface area contributed by atoms with Crippen LogP contribution in [0.3, 0.4) is 0 Å². The molecule has 0 aliphatic heterocycles. The van der Waals surface area contributed by atoms with Crippen molar-refractivity contribution in [2.75, 3.05) is 5.73 Å². The van der Waals surface area contributed by atoms with Crippen molar-refractivity contribution in [2.45, 2.75) is 6.18 Å². The fourth-order valence-corrected chi connectivity index (χ4v) is 2.33. The predicted octanol–water partition coefficient (Wildman–Crippen LogP) is 3.41. The Morgan fingerprint density at radius 3 is 2.53 bits per heavy atom. The number of benzene rings is 1. The van der Waals surface area contributed by atoms with E-state index < -0.39 is 16.7 Å². The van der Waals surface area contributed by atoms with Crippen LogP contribution in [0, 0.1) is 10.1 Å². The lowest BCUT2D eigenvalue weighted by Gasteiger charge is -2.05. The summed E-state index contributed by atoms with van der Waals surface area (Å²) in [7, 11) is 0. The second-order valence-electron chi connectivity index (χ2n) is 3.29. The van der Waals surface area contributed by atoms with Gasteiger partial charge < -0.3 is 5.73 Å². The summed E-state index contributed by atoms with van der Waals surface area (Å²) in [6, 6.07) is 2.89. The van der Waals surface area contributed by atoms with Crippen LogP contribution in [-0.4, -0.2) is 4.92 Å². The molecule has 2 rings (SSSR count). The maximum absolute atomic E-state index is 12.4. The van der Waals surface area contributed by atoms with Crippen LogP contribution < -0.4 is 5.73 Å². The van der Waals surface area contributed by atoms with Gasteiger partial charge in [0.1, 0.15) is 5.69 Å². The molecule has 17 heavy (non-hydrogen) atoms. The molecule has 0 amide bonds. The summed E-state index contributed by atoms with van der Waals surface area (Å²) in [5.41, 5.74) is 4.36. The Morgan fingerprint density at radius 1 is 1.35 bits per heavy atom. The molecule has 2 aromatic rings. The first-order valence-electron chi connectivity index (χ1n) is 4.34. The van der Waals surface area contributed by atoms with Crippen molar-refractivity contribution in [3.05, 3.63) is 33.9 Å². The summed E-state index contributed by atoms with van der Waals surface area (Å²) in [4.78, 5) is 9.89. The molecule has 0 fully saturated rings. The number of nitrogens with zero attached hydrogens (tertiary/aromatic N) is 1. The summed E-state index contributed by atoms with van der Waals surface area (Å²) in [5.74, 6) is 0. The quantitative estimate of drug-likeness (QED) is 0.632. The maximum atomic E-state index is 12.4. The average Bonchev–Trinajstić information content (AvgIpc) is 2.54. The Hall–Kier alpha value is -1.83. The van der Waals surface area contributed by atoms with E-state index in [0.717, 1.165) is 23.5 Å². The normalized spacial score (nSPS) is 11.9. The highest BCUT2D eigenvalue weighted by Gasteiger charge is 2.31. The van der Waals surface area contributed by atoms with E-state index in [4.69, 9.17) is 5.73 Å². The Labute approximate surface area is 96.6 Å². The monoisotopic (exact) mass is 262 g/mol. The van der Waals surface area contributed by atoms with E-state index in [1.165, 1.54) is 6.07 Å². The number of hydrogen-bond acceptors (Lipinski definition) is 4. The second kappa shape index (κ2) is 3.59. The third-order valence-corrected chi connectivity index (χ3v) is 3.34. The zero-order valence-corrected chi connectivity index (χ0v) is 8.93. The fraction of sp³-hybridized carbons (Fsp3) is 0.111. The van der Waals surface area contributed by atoms with Gasteiger partial charge in [-0.15, -0.1) is 0 Å². The Balaban J connectivity index is 2.70. The molecule has 90 valence electrons. The number of nitro groups is 1. The fourth-order valence-electron chi connectivity index (χ4n) is 1.42. The SMILES string of the molecule is Nc1c([N+](=O)[O-])sc2ccc(C(F)(F)F)cc12. The molecule has 8 heteroatoms. The molecule has 4 nitrogen and oxygen atoms in total. The molecule has 1 heterocycles. The molecule has 0 aliphatic carbocycles. The maximum Gasteiger partial charge on any atom is 0.416 e. The largest absolute Gasteiger partial charge is 0.416 e. The van der Waals surface area contributed by atoms with Crippen LogP contribution in [0.2, 0.25) is 0 Å². The van der Waals surface area contributed by atoms with Gasteiger partial charge in [0.15, 0.2) is 0 Å². The van der Waals surface area contributed by atoms with Crippen LogP contribution in [0.15, 0.2) is 18.2 Å². The van der Waals surface area contributed by atoms with Gasteiger partial charge in [0.05, 0.1) is 10.5 Å². The van der Waals surface area contributed by atoms with E-state index in [0.29, 0.717) is 4.70 Å². The molecule has 0 aliphatic rings. The summed E-state index contributed by atoms with van der Waals surface area (Å²) in [6.45, 7) is 0. The lowest BCUT2D eigenvalue weighted by Crippen LogP contribution is -2.04. The second-order valence-corrected chi connectivity index (χ2v) is 4.32. The highest BCUT2D eigenvalue weighted by molar-refractivity contribution is 7.22. The van der Waals surface area contributed by atoms with Crippen molar-refractivity contribution in [1.82, 2.24) is 0 Å². The van der Waals surface area contributed by atoms with Gasteiger partial charge in [-0.2, -0.15) is 13.2 Å². The van der Waals surface area contributed by atoms with Gasteiger partial charge >= 0.3 is 11.2 Å². The Bertz CT molecular complexity index is 606. The van der Waals surface area contributed by atoms with Gasteiger partial charge in [-0.25, -0.2) is 0 Å². The standard InChI is InChI=1S/C9H5F3N2O2S/c10-9(11,12)4-1-2-6-5(3-4)7(13)8(17-6)14(15)16/h1-3H,13H2. The lowest BCUT2D eigenvalue weighted by molar-refractivity contribution is -0.379. The van der Waals surface area contributed by atoms with Gasteiger partial charge in [0.25, 0.3) is 0 Å². The van der Waals surface area contributed by atoms with Crippen molar-refractivity contribution in [1.29, 1.82) is 0 Å². The first-order valence-corrected chi connectivity index (χ1v) is 5.16. The number of alkyl halides is 3. The van der Waals surface area contributed by atoms with Crippen molar-refractivity contribution in [2.24, 2.45) is 0 Å². The summed E-state index contributed by atoms with van der Waals surface area (Å²) < 4.78 is 37.7. The van der Waals surface area contributed by atoms with Crippen LogP contribution in [0.25, 0.3) is 10.1 Å². The predicted molar refractivity (Wildman–Crippen MR) is 57.9 cm³/mol. The number of anilines is 1. The van der Waals surface area contributed by atoms with E-state index in [1.807, 2.05) is 0 Å². The van der Waals surface area contributed by atoms with E-state index in [1.54, 1.807) is 0 Å². The minimum atomic E-state index is -4.49. The molecule has 0 bridgehead atoms. The number of hydrogen-bond donors (Lipinski definition) is 1. The minimum absolute atomic E-state index is 0.0662. The molecule has 1 aromatic heterocycles. The van der Waals surface area contributed by atoms with Gasteiger partial charge in [0, 0.05) is 10.1 Å². The number of nitrogen functional groups attached to an aromatic ring is 1. The average molecular weight is 262 g/mol. The molecule has 0 saturated heterocycles. The molecular formula is C9H5F3N2O2S. The van der Waals surface area contributed by atoms with Crippen molar-refractivity contribution < 1.29 is 18.1 Å². The van der Waals surface area contributed by atoms with E-state index in [9.17, 15) is 23.3 Å². The van der Waals surface area contributed by atoms with Crippen LogP contribution in [0.5, 0.6) is 0 Å². The zero-order valence-electron chi connectivity index (χ0n) is 8.12. The van der Waals surface area contributed by atoms with Crippen LogP contribution in [0.4, 0.5) is 23.9 Å². The van der Waals surface area contributed by atoms with E-state index >= 15 is 0 Å². The molecule has 0 saturated carbocycles. The van der Waals surface area contributed by atoms with Gasteiger partial charge in [-0.3, -0.25) is 10.1 Å². The third kappa shape index (κ3) is 1.91. The van der Waals surface area contributed by atoms with E-state index in [2.05, 4.69) is 0 Å². The first kappa shape index (κ1) is 11.6. The number of nitrogens with two attached hydrogens (primary N) is 1. The van der Waals surface area contributed by atoms with Crippen molar-refractivity contribution in [3.8, 4) is 0 Å². The van der Waals surface area contributed by atoms with Gasteiger partial charge in [0.2, 0.25) is 0 Å². The molecular weight excluding hydrogens is 257 g/mol. The number of rotatable bonds is 1. The molecule has 2 N–H and O–H groups in total. The molecule has 1 aromatic carbocycles. The number of fused-ring (bicyclic) bond motifs is 1. The molecule has 0 radical (unpaired) electrons. The summed E-state index contributed by atoms with van der Waals surface area (Å²) >= 11 is 0.760. The van der Waals surface area contributed by atoms with Crippen LogP contribution >= 0.6 is 11.3 Å². The molecule has 0 unspecified atom stereocenters. The minimum Gasteiger partial charge on any atom is -0.392 e. The number of thiophene rings is 1. The van der Waals surface area contributed by atoms with Crippen molar-refractivity contribution in [3.63, 3.8) is 0 Å². The van der Waals surface area contributed by atoms with Crippen LogP contribution in [0.1, 0.15) is 5.56 Å². The van der Waals surface area contributed by atoms with Crippen LogP contribution in [-0.2, 0) is 6.18 Å². The first-order chi connectivity index (χ1) is 7.80. The smallest absolute Gasteiger partial charge is 0.392 e. The topological polar surface area (TPSA) is 69.2 Å². The third-order valence-electron chi connectivity index (χ3n) is 2.20. The Kier molecular flexibility index (Phi) is 2.46. The summed E-state index contributed by atoms with van der Waals surface area (Å²) in [5, 5.41) is 10.3. The molecule has 0 atom stereocenters. The highest BCUT2D eigenvalue weighted by atomic mass is 32.1. The highest BCUT2D eigenvalue weighted by Crippen LogP contribution is 2.41. The summed E-state index contributed by atoms with van der Waals surface area (Å²) in [6.07, 6.45) is -4.49. The lowest BCUT2D eigenvalue weighted by atomic mass is 10.1. The Morgan fingerprint density at radius 2 is 2.00 bits per heavy atom. The van der Waals surface area contributed by atoms with Gasteiger partial charge in [-0.05, 0) is 18.2 Å². The molecule has 0 spiro atoms. The number of halogens is 3.